The highest BCUT2D eigenvalue weighted by Crippen LogP contribution is 2.19. The number of nitrogens with zero attached hydrogens (tertiary/aromatic N) is 1. The summed E-state index contributed by atoms with van der Waals surface area (Å²) in [5.41, 5.74) is 5.64. The molecule has 1 rings (SSSR count). The van der Waals surface area contributed by atoms with Crippen molar-refractivity contribution in [1.29, 1.82) is 0 Å². The Morgan fingerprint density at radius 2 is 2.20 bits per heavy atom. The van der Waals surface area contributed by atoms with Gasteiger partial charge in [-0.15, -0.1) is 0 Å². The molecule has 0 saturated heterocycles. The number of ether oxygens (including phenoxy) is 1. The van der Waals surface area contributed by atoms with E-state index in [9.17, 15) is 4.79 Å². The molecule has 80 valence electrons. The van der Waals surface area contributed by atoms with Crippen LogP contribution < -0.4 is 10.5 Å². The third-order valence-corrected chi connectivity index (χ3v) is 1.83. The second-order valence-electron chi connectivity index (χ2n) is 2.71. The molecule has 0 aliphatic heterocycles. The van der Waals surface area contributed by atoms with Crippen molar-refractivity contribution in [2.24, 2.45) is 10.9 Å². The zero-order valence-electron chi connectivity index (χ0n) is 7.97. The molecule has 0 fully saturated rings. The Kier molecular flexibility index (Phi) is 3.12. The third kappa shape index (κ3) is 2.16. The van der Waals surface area contributed by atoms with Gasteiger partial charge in [0.15, 0.2) is 5.84 Å². The van der Waals surface area contributed by atoms with Gasteiger partial charge in [-0.05, 0) is 18.2 Å². The van der Waals surface area contributed by atoms with Crippen LogP contribution in [0.1, 0.15) is 15.9 Å². The van der Waals surface area contributed by atoms with E-state index in [0.29, 0.717) is 5.75 Å². The lowest BCUT2D eigenvalue weighted by atomic mass is 10.1. The Morgan fingerprint density at radius 1 is 1.53 bits per heavy atom. The SMILES string of the molecule is COc1ccc(C(=O)O)cc1C(N)=NO. The average Bonchev–Trinajstić information content (AvgIpc) is 2.27. The molecule has 0 aliphatic rings. The lowest BCUT2D eigenvalue weighted by molar-refractivity contribution is 0.0697. The molecule has 6 heteroatoms. The van der Waals surface area contributed by atoms with Crippen molar-refractivity contribution in [2.45, 2.75) is 0 Å². The van der Waals surface area contributed by atoms with Gasteiger partial charge in [-0.2, -0.15) is 0 Å². The predicted molar refractivity (Wildman–Crippen MR) is 52.5 cm³/mol. The second-order valence-corrected chi connectivity index (χ2v) is 2.71. The standard InChI is InChI=1S/C9H10N2O4/c1-15-7-3-2-5(9(12)13)4-6(7)8(10)11-14/h2-4,14H,1H3,(H2,10,11)(H,12,13). The van der Waals surface area contributed by atoms with Gasteiger partial charge in [0.05, 0.1) is 18.2 Å². The molecule has 0 atom stereocenters. The molecular formula is C9H10N2O4. The minimum atomic E-state index is -1.09. The molecule has 0 spiro atoms. The summed E-state index contributed by atoms with van der Waals surface area (Å²) in [4.78, 5) is 10.7. The predicted octanol–water partition coefficient (Wildman–Crippen LogP) is 0.488. The van der Waals surface area contributed by atoms with Gasteiger partial charge in [-0.25, -0.2) is 4.79 Å². The van der Waals surface area contributed by atoms with Crippen molar-refractivity contribution in [3.05, 3.63) is 29.3 Å². The minimum Gasteiger partial charge on any atom is -0.496 e. The summed E-state index contributed by atoms with van der Waals surface area (Å²) in [6.07, 6.45) is 0. The fourth-order valence-corrected chi connectivity index (χ4v) is 1.10. The molecule has 0 aliphatic carbocycles. The van der Waals surface area contributed by atoms with E-state index >= 15 is 0 Å². The maximum atomic E-state index is 10.7. The first-order valence-electron chi connectivity index (χ1n) is 3.99. The summed E-state index contributed by atoms with van der Waals surface area (Å²) in [6.45, 7) is 0. The van der Waals surface area contributed by atoms with Crippen molar-refractivity contribution in [3.8, 4) is 5.75 Å². The van der Waals surface area contributed by atoms with E-state index < -0.39 is 5.97 Å². The van der Waals surface area contributed by atoms with Crippen LogP contribution in [0.4, 0.5) is 0 Å². The lowest BCUT2D eigenvalue weighted by Gasteiger charge is -2.07. The number of carboxylic acid groups (broad SMARTS) is 1. The number of carboxylic acids is 1. The monoisotopic (exact) mass is 210 g/mol. The number of rotatable bonds is 3. The van der Waals surface area contributed by atoms with Crippen molar-refractivity contribution in [2.75, 3.05) is 7.11 Å². The quantitative estimate of drug-likeness (QED) is 0.291. The normalized spacial score (nSPS) is 11.1. The molecule has 1 aromatic rings. The summed E-state index contributed by atoms with van der Waals surface area (Å²) in [5.74, 6) is -0.949. The summed E-state index contributed by atoms with van der Waals surface area (Å²) in [7, 11) is 1.41. The van der Waals surface area contributed by atoms with Gasteiger partial charge < -0.3 is 20.8 Å². The van der Waals surface area contributed by atoms with Crippen LogP contribution in [-0.2, 0) is 0 Å². The molecule has 0 saturated carbocycles. The Labute approximate surface area is 85.6 Å². The number of hydrogen-bond acceptors (Lipinski definition) is 4. The summed E-state index contributed by atoms with van der Waals surface area (Å²) in [6, 6.07) is 4.09. The molecule has 15 heavy (non-hydrogen) atoms. The van der Waals surface area contributed by atoms with Crippen LogP contribution in [0.5, 0.6) is 5.75 Å². The van der Waals surface area contributed by atoms with E-state index in [1.165, 1.54) is 25.3 Å². The summed E-state index contributed by atoms with van der Waals surface area (Å²) < 4.78 is 4.94. The smallest absolute Gasteiger partial charge is 0.335 e. The topological polar surface area (TPSA) is 105 Å². The first-order chi connectivity index (χ1) is 7.10. The van der Waals surface area contributed by atoms with Gasteiger partial charge in [0.25, 0.3) is 0 Å². The Bertz CT molecular complexity index is 415. The number of nitrogens with two attached hydrogens (primary N) is 1. The van der Waals surface area contributed by atoms with E-state index in [0.717, 1.165) is 0 Å². The first-order valence-corrected chi connectivity index (χ1v) is 3.99. The van der Waals surface area contributed by atoms with Crippen LogP contribution in [0.2, 0.25) is 0 Å². The highest BCUT2D eigenvalue weighted by atomic mass is 16.5. The number of oxime groups is 1. The van der Waals surface area contributed by atoms with E-state index in [2.05, 4.69) is 5.16 Å². The van der Waals surface area contributed by atoms with Gasteiger partial charge in [0, 0.05) is 0 Å². The van der Waals surface area contributed by atoms with Crippen molar-refractivity contribution in [1.82, 2.24) is 0 Å². The lowest BCUT2D eigenvalue weighted by Crippen LogP contribution is -2.15. The molecule has 4 N–H and O–H groups in total. The van der Waals surface area contributed by atoms with E-state index in [-0.39, 0.29) is 17.0 Å². The largest absolute Gasteiger partial charge is 0.496 e. The molecule has 0 bridgehead atoms. The van der Waals surface area contributed by atoms with Crippen LogP contribution in [0.15, 0.2) is 23.4 Å². The van der Waals surface area contributed by atoms with Crippen molar-refractivity contribution in [3.63, 3.8) is 0 Å². The number of amidine groups is 1. The zero-order valence-corrected chi connectivity index (χ0v) is 7.97. The van der Waals surface area contributed by atoms with Crippen LogP contribution in [0.3, 0.4) is 0 Å². The minimum absolute atomic E-state index is 0.0393. The van der Waals surface area contributed by atoms with E-state index in [1.54, 1.807) is 0 Å². The Balaban J connectivity index is 3.31. The van der Waals surface area contributed by atoms with Crippen LogP contribution >= 0.6 is 0 Å². The van der Waals surface area contributed by atoms with Crippen LogP contribution in [0, 0.1) is 0 Å². The number of aromatic carboxylic acids is 1. The van der Waals surface area contributed by atoms with Gasteiger partial charge in [0.1, 0.15) is 5.75 Å². The molecule has 1 aromatic carbocycles. The number of methoxy groups -OCH3 is 1. The van der Waals surface area contributed by atoms with Crippen LogP contribution in [0.25, 0.3) is 0 Å². The highest BCUT2D eigenvalue weighted by Gasteiger charge is 2.11. The molecule has 0 unspecified atom stereocenters. The molecular weight excluding hydrogens is 200 g/mol. The fourth-order valence-electron chi connectivity index (χ4n) is 1.10. The van der Waals surface area contributed by atoms with Crippen molar-refractivity contribution >= 4 is 11.8 Å². The number of hydrogen-bond donors (Lipinski definition) is 3. The summed E-state index contributed by atoms with van der Waals surface area (Å²) in [5, 5.41) is 20.0. The van der Waals surface area contributed by atoms with Gasteiger partial charge >= 0.3 is 5.97 Å². The van der Waals surface area contributed by atoms with E-state index in [1.807, 2.05) is 0 Å². The van der Waals surface area contributed by atoms with Gasteiger partial charge in [-0.3, -0.25) is 0 Å². The second kappa shape index (κ2) is 4.32. The van der Waals surface area contributed by atoms with Crippen LogP contribution in [-0.4, -0.2) is 29.2 Å². The average molecular weight is 210 g/mol. The maximum Gasteiger partial charge on any atom is 0.335 e. The Hall–Kier alpha value is -2.24. The first kappa shape index (κ1) is 10.8. The summed E-state index contributed by atoms with van der Waals surface area (Å²) >= 11 is 0. The van der Waals surface area contributed by atoms with Crippen molar-refractivity contribution < 1.29 is 19.8 Å². The molecule has 0 amide bonds. The Morgan fingerprint density at radius 3 is 2.67 bits per heavy atom. The highest BCUT2D eigenvalue weighted by molar-refractivity contribution is 6.01. The number of carbonyl (C=O) groups is 1. The number of benzene rings is 1. The fraction of sp³-hybridized carbons (Fsp3) is 0.111. The van der Waals surface area contributed by atoms with Gasteiger partial charge in [-0.1, -0.05) is 5.16 Å². The van der Waals surface area contributed by atoms with E-state index in [4.69, 9.17) is 20.8 Å². The molecule has 6 nitrogen and oxygen atoms in total. The zero-order chi connectivity index (χ0) is 11.4. The third-order valence-electron chi connectivity index (χ3n) is 1.83. The maximum absolute atomic E-state index is 10.7. The molecule has 0 aromatic heterocycles. The molecule has 0 heterocycles. The molecule has 0 radical (unpaired) electrons. The van der Waals surface area contributed by atoms with Gasteiger partial charge in [0.2, 0.25) is 0 Å².